The molecule has 7 heteroatoms. The molecule has 0 amide bonds. The molecular formula is C4H9NO5S. The molecule has 0 saturated carbocycles. The first-order chi connectivity index (χ1) is 4.87. The topological polar surface area (TPSA) is 104 Å². The lowest BCUT2D eigenvalue weighted by atomic mass is 10.2. The Kier molecular flexibility index (Phi) is 3.59. The number of aliphatic hydroxyl groups excluding tert-OH is 1. The molecule has 0 aliphatic carbocycles. The maximum atomic E-state index is 10.1. The van der Waals surface area contributed by atoms with Gasteiger partial charge in [0.2, 0.25) is 0 Å². The van der Waals surface area contributed by atoms with E-state index in [4.69, 9.17) is 9.66 Å². The van der Waals surface area contributed by atoms with Gasteiger partial charge in [0, 0.05) is 0 Å². The summed E-state index contributed by atoms with van der Waals surface area (Å²) in [7, 11) is -4.42. The van der Waals surface area contributed by atoms with E-state index in [2.05, 4.69) is 0 Å². The summed E-state index contributed by atoms with van der Waals surface area (Å²) in [6.45, 7) is 1.22. The third-order valence-electron chi connectivity index (χ3n) is 0.951. The van der Waals surface area contributed by atoms with Crippen molar-refractivity contribution in [2.45, 2.75) is 19.1 Å². The predicted octanol–water partition coefficient (Wildman–Crippen LogP) is -1.67. The molecule has 0 radical (unpaired) electrons. The number of aliphatic hydroxyl groups is 1. The zero-order valence-corrected chi connectivity index (χ0v) is 6.58. The highest BCUT2D eigenvalue weighted by atomic mass is 32.2. The first-order valence-electron chi connectivity index (χ1n) is 2.75. The summed E-state index contributed by atoms with van der Waals surface area (Å²) in [5, 5.41) is 8.71. The lowest BCUT2D eigenvalue weighted by molar-refractivity contribution is -0.111. The Bertz CT molecular complexity index is 221. The molecule has 0 aliphatic heterocycles. The molecule has 66 valence electrons. The van der Waals surface area contributed by atoms with Crippen LogP contribution in [-0.4, -0.2) is 36.5 Å². The fraction of sp³-hybridized carbons (Fsp3) is 0.750. The van der Waals surface area contributed by atoms with E-state index in [1.165, 1.54) is 11.6 Å². The predicted molar refractivity (Wildman–Crippen MR) is 36.2 cm³/mol. The molecule has 11 heavy (non-hydrogen) atoms. The van der Waals surface area contributed by atoms with E-state index in [1.54, 1.807) is 0 Å². The van der Waals surface area contributed by atoms with Gasteiger partial charge in [0.25, 0.3) is 0 Å². The molecule has 0 spiro atoms. The van der Waals surface area contributed by atoms with Crippen molar-refractivity contribution in [2.75, 3.05) is 0 Å². The summed E-state index contributed by atoms with van der Waals surface area (Å²) >= 11 is 0. The molecule has 6 nitrogen and oxygen atoms in total. The number of carbonyl (C=O) groups is 1. The van der Waals surface area contributed by atoms with Crippen LogP contribution in [0.1, 0.15) is 6.92 Å². The van der Waals surface area contributed by atoms with Crippen LogP contribution in [0.15, 0.2) is 0 Å². The number of aldehydes is 1. The molecule has 2 atom stereocenters. The van der Waals surface area contributed by atoms with Gasteiger partial charge in [0.1, 0.15) is 12.3 Å². The molecule has 0 aromatic carbocycles. The number of rotatable bonds is 4. The van der Waals surface area contributed by atoms with Crippen molar-refractivity contribution in [2.24, 2.45) is 0 Å². The molecule has 0 saturated heterocycles. The van der Waals surface area contributed by atoms with Gasteiger partial charge in [0.05, 0.1) is 6.10 Å². The minimum atomic E-state index is -4.42. The number of nitrogens with one attached hydrogen (secondary N) is 1. The fourth-order valence-corrected chi connectivity index (χ4v) is 1.01. The van der Waals surface area contributed by atoms with E-state index in [0.717, 1.165) is 0 Å². The van der Waals surface area contributed by atoms with Gasteiger partial charge >= 0.3 is 10.3 Å². The van der Waals surface area contributed by atoms with Crippen LogP contribution in [0.5, 0.6) is 0 Å². The number of hydrogen-bond acceptors (Lipinski definition) is 4. The van der Waals surface area contributed by atoms with Gasteiger partial charge in [-0.05, 0) is 6.92 Å². The summed E-state index contributed by atoms with van der Waals surface area (Å²) in [5.74, 6) is 0. The molecule has 0 rings (SSSR count). The van der Waals surface area contributed by atoms with E-state index in [1.807, 2.05) is 0 Å². The highest BCUT2D eigenvalue weighted by Gasteiger charge is 2.18. The molecule has 3 N–H and O–H groups in total. The van der Waals surface area contributed by atoms with Crippen molar-refractivity contribution in [1.29, 1.82) is 0 Å². The number of hydrogen-bond donors (Lipinski definition) is 3. The second kappa shape index (κ2) is 3.77. The third kappa shape index (κ3) is 4.85. The van der Waals surface area contributed by atoms with Crippen molar-refractivity contribution < 1.29 is 22.9 Å². The third-order valence-corrected chi connectivity index (χ3v) is 1.52. The summed E-state index contributed by atoms with van der Waals surface area (Å²) in [6.07, 6.45) is -0.979. The minimum absolute atomic E-state index is 0.193. The summed E-state index contributed by atoms with van der Waals surface area (Å²) < 4.78 is 29.8. The van der Waals surface area contributed by atoms with Crippen molar-refractivity contribution in [3.8, 4) is 0 Å². The van der Waals surface area contributed by atoms with Gasteiger partial charge in [-0.1, -0.05) is 0 Å². The zero-order valence-electron chi connectivity index (χ0n) is 5.76. The van der Waals surface area contributed by atoms with Gasteiger partial charge in [-0.2, -0.15) is 13.1 Å². The van der Waals surface area contributed by atoms with Gasteiger partial charge in [-0.3, -0.25) is 4.55 Å². The largest absolute Gasteiger partial charge is 0.391 e. The Labute approximate surface area is 64.1 Å². The smallest absolute Gasteiger partial charge is 0.334 e. The lowest BCUT2D eigenvalue weighted by Gasteiger charge is -2.11. The monoisotopic (exact) mass is 183 g/mol. The Morgan fingerprint density at radius 3 is 2.09 bits per heavy atom. The zero-order chi connectivity index (χ0) is 9.07. The molecule has 2 unspecified atom stereocenters. The molecular weight excluding hydrogens is 174 g/mol. The summed E-state index contributed by atoms with van der Waals surface area (Å²) in [6, 6.07) is -1.30. The fourth-order valence-electron chi connectivity index (χ4n) is 0.412. The van der Waals surface area contributed by atoms with Crippen molar-refractivity contribution >= 4 is 16.6 Å². The molecule has 0 aromatic heterocycles. The van der Waals surface area contributed by atoms with Crippen LogP contribution in [0, 0.1) is 0 Å². The minimum Gasteiger partial charge on any atom is -0.391 e. The summed E-state index contributed by atoms with van der Waals surface area (Å²) in [4.78, 5) is 10.0. The van der Waals surface area contributed by atoms with Crippen molar-refractivity contribution in [1.82, 2.24) is 4.72 Å². The highest BCUT2D eigenvalue weighted by molar-refractivity contribution is 7.83. The van der Waals surface area contributed by atoms with Crippen LogP contribution in [-0.2, 0) is 15.1 Å². The average molecular weight is 183 g/mol. The molecule has 0 fully saturated rings. The average Bonchev–Trinajstić information content (AvgIpc) is 1.80. The van der Waals surface area contributed by atoms with Gasteiger partial charge in [-0.25, -0.2) is 0 Å². The van der Waals surface area contributed by atoms with Crippen LogP contribution in [0.25, 0.3) is 0 Å². The van der Waals surface area contributed by atoms with Crippen molar-refractivity contribution in [3.63, 3.8) is 0 Å². The highest BCUT2D eigenvalue weighted by Crippen LogP contribution is 1.89. The Morgan fingerprint density at radius 2 is 2.00 bits per heavy atom. The quantitative estimate of drug-likeness (QED) is 0.357. The van der Waals surface area contributed by atoms with E-state index in [0.29, 0.717) is 0 Å². The Hall–Kier alpha value is -0.500. The molecule has 0 aromatic rings. The van der Waals surface area contributed by atoms with Crippen LogP contribution in [0.4, 0.5) is 0 Å². The first-order valence-corrected chi connectivity index (χ1v) is 4.19. The Balaban J connectivity index is 4.22. The van der Waals surface area contributed by atoms with E-state index in [9.17, 15) is 13.2 Å². The second-order valence-electron chi connectivity index (χ2n) is 2.00. The van der Waals surface area contributed by atoms with Gasteiger partial charge < -0.3 is 9.90 Å². The van der Waals surface area contributed by atoms with Crippen LogP contribution < -0.4 is 4.72 Å². The molecule has 0 heterocycles. The number of carbonyl (C=O) groups excluding carboxylic acids is 1. The van der Waals surface area contributed by atoms with Crippen LogP contribution in [0.2, 0.25) is 0 Å². The first kappa shape index (κ1) is 10.5. The van der Waals surface area contributed by atoms with Crippen molar-refractivity contribution in [3.05, 3.63) is 0 Å². The molecule has 0 aliphatic rings. The SMILES string of the molecule is CC(O)C(C=O)NS(=O)(=O)O. The van der Waals surface area contributed by atoms with Gasteiger partial charge in [0.15, 0.2) is 0 Å². The summed E-state index contributed by atoms with van der Waals surface area (Å²) in [5.41, 5.74) is 0. The van der Waals surface area contributed by atoms with E-state index < -0.39 is 22.4 Å². The second-order valence-corrected chi connectivity index (χ2v) is 3.18. The normalized spacial score (nSPS) is 17.4. The Morgan fingerprint density at radius 1 is 1.55 bits per heavy atom. The van der Waals surface area contributed by atoms with Crippen LogP contribution in [0.3, 0.4) is 0 Å². The van der Waals surface area contributed by atoms with E-state index >= 15 is 0 Å². The maximum Gasteiger partial charge on any atom is 0.334 e. The molecule has 0 bridgehead atoms. The standard InChI is InChI=1S/C4H9NO5S/c1-3(7)4(2-6)5-11(8,9)10/h2-5,7H,1H3,(H,8,9,10). The van der Waals surface area contributed by atoms with E-state index in [-0.39, 0.29) is 6.29 Å². The lowest BCUT2D eigenvalue weighted by Crippen LogP contribution is -2.42. The maximum absolute atomic E-state index is 10.1. The van der Waals surface area contributed by atoms with Crippen LogP contribution >= 0.6 is 0 Å². The van der Waals surface area contributed by atoms with Gasteiger partial charge in [-0.15, -0.1) is 0 Å².